The van der Waals surface area contributed by atoms with Crippen molar-refractivity contribution in [1.82, 2.24) is 10.6 Å². The second-order valence-electron chi connectivity index (χ2n) is 6.84. The van der Waals surface area contributed by atoms with Gasteiger partial charge in [-0.2, -0.15) is 0 Å². The molecule has 0 aromatic heterocycles. The van der Waals surface area contributed by atoms with Gasteiger partial charge in [0, 0.05) is 46.4 Å². The minimum Gasteiger partial charge on any atom is -0.493 e. The summed E-state index contributed by atoms with van der Waals surface area (Å²) >= 11 is 0. The Morgan fingerprint density at radius 2 is 2.00 bits per heavy atom. The highest BCUT2D eigenvalue weighted by Gasteiger charge is 2.20. The normalized spacial score (nSPS) is 13.7. The minimum absolute atomic E-state index is 0. The summed E-state index contributed by atoms with van der Waals surface area (Å²) in [5.74, 6) is 2.55. The van der Waals surface area contributed by atoms with Crippen LogP contribution in [0.4, 0.5) is 0 Å². The Morgan fingerprint density at radius 3 is 2.75 bits per heavy atom. The van der Waals surface area contributed by atoms with Gasteiger partial charge in [0.25, 0.3) is 0 Å². The van der Waals surface area contributed by atoms with E-state index in [4.69, 9.17) is 14.2 Å². The van der Waals surface area contributed by atoms with Gasteiger partial charge in [0.15, 0.2) is 5.96 Å². The molecule has 0 saturated heterocycles. The summed E-state index contributed by atoms with van der Waals surface area (Å²) in [5.41, 5.74) is 1.13. The molecule has 1 aliphatic rings. The maximum absolute atomic E-state index is 5.75. The molecule has 0 atom stereocenters. The quantitative estimate of drug-likeness (QED) is 0.175. The topological polar surface area (TPSA) is 64.1 Å². The number of guanidine groups is 1. The first-order valence-corrected chi connectivity index (χ1v) is 10.1. The number of nitrogens with one attached hydrogen (secondary N) is 2. The number of aliphatic imine (C=N–C) groups is 1. The van der Waals surface area contributed by atoms with Gasteiger partial charge >= 0.3 is 0 Å². The van der Waals surface area contributed by atoms with Crippen LogP contribution in [0, 0.1) is 5.92 Å². The molecule has 2 N–H and O–H groups in total. The number of rotatable bonds is 14. The Balaban J connectivity index is 0.00000392. The maximum atomic E-state index is 5.75. The van der Waals surface area contributed by atoms with Gasteiger partial charge in [-0.1, -0.05) is 12.1 Å². The molecule has 0 aliphatic heterocycles. The van der Waals surface area contributed by atoms with E-state index in [-0.39, 0.29) is 24.0 Å². The van der Waals surface area contributed by atoms with E-state index in [2.05, 4.69) is 28.6 Å². The van der Waals surface area contributed by atoms with Crippen molar-refractivity contribution in [3.63, 3.8) is 0 Å². The Morgan fingerprint density at radius 1 is 1.14 bits per heavy atom. The molecule has 0 radical (unpaired) electrons. The smallest absolute Gasteiger partial charge is 0.191 e. The molecule has 1 aromatic rings. The molecule has 1 fully saturated rings. The molecule has 1 saturated carbocycles. The standard InChI is InChI=1S/C21H35N3O3.HI/c1-3-22-21(23-11-5-13-26-17-18-9-10-18)24-16-19-7-4-8-20(15-19)27-14-6-12-25-2;/h4,7-8,15,18H,3,5-6,9-14,16-17H2,1-2H3,(H2,22,23,24);1H. The van der Waals surface area contributed by atoms with Crippen LogP contribution in [-0.2, 0) is 16.0 Å². The van der Waals surface area contributed by atoms with Crippen LogP contribution in [-0.4, -0.2) is 52.6 Å². The fraction of sp³-hybridized carbons (Fsp3) is 0.667. The van der Waals surface area contributed by atoms with Gasteiger partial charge < -0.3 is 24.8 Å². The molecule has 1 aliphatic carbocycles. The number of hydrogen-bond donors (Lipinski definition) is 2. The zero-order chi connectivity index (χ0) is 19.2. The largest absolute Gasteiger partial charge is 0.493 e. The van der Waals surface area contributed by atoms with E-state index < -0.39 is 0 Å². The molecule has 6 nitrogen and oxygen atoms in total. The number of hydrogen-bond acceptors (Lipinski definition) is 4. The summed E-state index contributed by atoms with van der Waals surface area (Å²) in [6.07, 6.45) is 4.56. The fourth-order valence-electron chi connectivity index (χ4n) is 2.55. The van der Waals surface area contributed by atoms with E-state index >= 15 is 0 Å². The molecule has 2 rings (SSSR count). The van der Waals surface area contributed by atoms with E-state index in [0.29, 0.717) is 19.8 Å². The third kappa shape index (κ3) is 11.7. The highest BCUT2D eigenvalue weighted by atomic mass is 127. The second-order valence-corrected chi connectivity index (χ2v) is 6.84. The van der Waals surface area contributed by atoms with Crippen molar-refractivity contribution in [2.75, 3.05) is 46.6 Å². The van der Waals surface area contributed by atoms with Crippen molar-refractivity contribution in [1.29, 1.82) is 0 Å². The van der Waals surface area contributed by atoms with E-state index in [1.807, 2.05) is 18.2 Å². The van der Waals surface area contributed by atoms with Gasteiger partial charge in [0.05, 0.1) is 13.2 Å². The first-order valence-electron chi connectivity index (χ1n) is 10.1. The molecular formula is C21H36IN3O3. The molecule has 0 amide bonds. The van der Waals surface area contributed by atoms with Crippen LogP contribution in [0.15, 0.2) is 29.3 Å². The Hall–Kier alpha value is -1.06. The van der Waals surface area contributed by atoms with Gasteiger partial charge in [0.1, 0.15) is 5.75 Å². The number of nitrogens with zero attached hydrogens (tertiary/aromatic N) is 1. The summed E-state index contributed by atoms with van der Waals surface area (Å²) in [6, 6.07) is 8.10. The van der Waals surface area contributed by atoms with Gasteiger partial charge in [-0.05, 0) is 49.8 Å². The lowest BCUT2D eigenvalue weighted by Crippen LogP contribution is -2.38. The molecule has 0 bridgehead atoms. The fourth-order valence-corrected chi connectivity index (χ4v) is 2.55. The highest BCUT2D eigenvalue weighted by molar-refractivity contribution is 14.0. The zero-order valence-corrected chi connectivity index (χ0v) is 19.6. The van der Waals surface area contributed by atoms with Crippen LogP contribution < -0.4 is 15.4 Å². The Labute approximate surface area is 186 Å². The highest BCUT2D eigenvalue weighted by Crippen LogP contribution is 2.28. The number of halogens is 1. The van der Waals surface area contributed by atoms with E-state index in [0.717, 1.165) is 62.3 Å². The lowest BCUT2D eigenvalue weighted by Gasteiger charge is -2.12. The van der Waals surface area contributed by atoms with Crippen molar-refractivity contribution in [2.45, 2.75) is 39.2 Å². The number of ether oxygens (including phenoxy) is 3. The van der Waals surface area contributed by atoms with Crippen LogP contribution in [0.25, 0.3) is 0 Å². The third-order valence-corrected chi connectivity index (χ3v) is 4.23. The minimum atomic E-state index is 0. The zero-order valence-electron chi connectivity index (χ0n) is 17.2. The first-order chi connectivity index (χ1) is 13.3. The van der Waals surface area contributed by atoms with Gasteiger partial charge in [-0.15, -0.1) is 24.0 Å². The molecule has 7 heteroatoms. The maximum Gasteiger partial charge on any atom is 0.191 e. The molecule has 1 aromatic carbocycles. The second kappa shape index (κ2) is 15.8. The van der Waals surface area contributed by atoms with Crippen LogP contribution in [0.1, 0.15) is 38.2 Å². The van der Waals surface area contributed by atoms with Crippen LogP contribution in [0.3, 0.4) is 0 Å². The summed E-state index contributed by atoms with van der Waals surface area (Å²) in [4.78, 5) is 4.67. The molecule has 160 valence electrons. The summed E-state index contributed by atoms with van der Waals surface area (Å²) < 4.78 is 16.5. The average Bonchev–Trinajstić information content (AvgIpc) is 3.51. The Bertz CT molecular complexity index is 553. The first kappa shape index (κ1) is 25.0. The Kier molecular flexibility index (Phi) is 14.1. The van der Waals surface area contributed by atoms with Crippen molar-refractivity contribution in [3.8, 4) is 5.75 Å². The van der Waals surface area contributed by atoms with Gasteiger partial charge in [-0.3, -0.25) is 0 Å². The predicted octanol–water partition coefficient (Wildman–Crippen LogP) is 3.59. The van der Waals surface area contributed by atoms with E-state index in [1.165, 1.54) is 12.8 Å². The van der Waals surface area contributed by atoms with Crippen molar-refractivity contribution >= 4 is 29.9 Å². The summed E-state index contributed by atoms with van der Waals surface area (Å²) in [6.45, 7) is 7.50. The molecule has 0 unspecified atom stereocenters. The predicted molar refractivity (Wildman–Crippen MR) is 125 cm³/mol. The van der Waals surface area contributed by atoms with Crippen molar-refractivity contribution < 1.29 is 14.2 Å². The van der Waals surface area contributed by atoms with Gasteiger partial charge in [-0.25, -0.2) is 4.99 Å². The number of benzene rings is 1. The molecule has 0 spiro atoms. The lowest BCUT2D eigenvalue weighted by atomic mass is 10.2. The monoisotopic (exact) mass is 505 g/mol. The molecule has 28 heavy (non-hydrogen) atoms. The van der Waals surface area contributed by atoms with Crippen molar-refractivity contribution in [2.24, 2.45) is 10.9 Å². The molecule has 0 heterocycles. The third-order valence-electron chi connectivity index (χ3n) is 4.23. The summed E-state index contributed by atoms with van der Waals surface area (Å²) in [5, 5.41) is 6.66. The lowest BCUT2D eigenvalue weighted by molar-refractivity contribution is 0.123. The van der Waals surface area contributed by atoms with E-state index in [1.54, 1.807) is 7.11 Å². The number of methoxy groups -OCH3 is 1. The van der Waals surface area contributed by atoms with E-state index in [9.17, 15) is 0 Å². The average molecular weight is 505 g/mol. The molecular weight excluding hydrogens is 469 g/mol. The van der Waals surface area contributed by atoms with Gasteiger partial charge in [0.2, 0.25) is 0 Å². The van der Waals surface area contributed by atoms with Crippen LogP contribution in [0.5, 0.6) is 5.75 Å². The SMILES string of the molecule is CCNC(=NCc1cccc(OCCCOC)c1)NCCCOCC1CC1.I. The van der Waals surface area contributed by atoms with Crippen LogP contribution in [0.2, 0.25) is 0 Å². The van der Waals surface area contributed by atoms with Crippen LogP contribution >= 0.6 is 24.0 Å². The van der Waals surface area contributed by atoms with Crippen molar-refractivity contribution in [3.05, 3.63) is 29.8 Å². The summed E-state index contributed by atoms with van der Waals surface area (Å²) in [7, 11) is 1.70.